The summed E-state index contributed by atoms with van der Waals surface area (Å²) in [5, 5.41) is 7.33. The molecular weight excluding hydrogens is 410 g/mol. The maximum atomic E-state index is 12.2. The van der Waals surface area contributed by atoms with E-state index in [1.54, 1.807) is 35.7 Å². The van der Waals surface area contributed by atoms with Crippen LogP contribution in [0.3, 0.4) is 0 Å². The van der Waals surface area contributed by atoms with Gasteiger partial charge in [-0.15, -0.1) is 11.3 Å². The molecule has 1 aromatic carbocycles. The van der Waals surface area contributed by atoms with E-state index in [0.29, 0.717) is 24.3 Å². The molecule has 0 saturated heterocycles. The first-order chi connectivity index (χ1) is 14.0. The highest BCUT2D eigenvalue weighted by Gasteiger charge is 2.20. The van der Waals surface area contributed by atoms with Gasteiger partial charge in [-0.2, -0.15) is 0 Å². The Morgan fingerprint density at radius 2 is 1.66 bits per heavy atom. The summed E-state index contributed by atoms with van der Waals surface area (Å²) < 4.78 is 27.1. The topological polar surface area (TPSA) is 104 Å². The second kappa shape index (κ2) is 9.89. The van der Waals surface area contributed by atoms with Crippen LogP contribution in [0, 0.1) is 5.92 Å². The van der Waals surface area contributed by atoms with E-state index in [1.807, 2.05) is 0 Å². The van der Waals surface area contributed by atoms with Gasteiger partial charge in [0.15, 0.2) is 0 Å². The van der Waals surface area contributed by atoms with Gasteiger partial charge in [-0.05, 0) is 48.6 Å². The Hall–Kier alpha value is -2.39. The van der Waals surface area contributed by atoms with Crippen LogP contribution in [0.15, 0.2) is 46.0 Å². The first kappa shape index (κ1) is 21.3. The van der Waals surface area contributed by atoms with E-state index in [0.717, 1.165) is 37.0 Å². The van der Waals surface area contributed by atoms with Crippen LogP contribution in [0.5, 0.6) is 0 Å². The molecule has 0 atom stereocenters. The maximum Gasteiger partial charge on any atom is 0.271 e. The quantitative estimate of drug-likeness (QED) is 0.555. The molecule has 9 heteroatoms. The van der Waals surface area contributed by atoms with Crippen molar-refractivity contribution in [3.63, 3.8) is 0 Å². The zero-order chi connectivity index (χ0) is 20.7. The van der Waals surface area contributed by atoms with Crippen LogP contribution in [-0.4, -0.2) is 33.3 Å². The number of amides is 2. The van der Waals surface area contributed by atoms with Crippen molar-refractivity contribution in [3.05, 3.63) is 47.3 Å². The predicted octanol–water partition coefficient (Wildman–Crippen LogP) is 2.98. The van der Waals surface area contributed by atoms with E-state index in [2.05, 4.69) is 15.4 Å². The molecule has 3 N–H and O–H groups in total. The van der Waals surface area contributed by atoms with E-state index in [9.17, 15) is 18.0 Å². The molecule has 0 aliphatic heterocycles. The van der Waals surface area contributed by atoms with Gasteiger partial charge < -0.3 is 10.6 Å². The fourth-order valence-electron chi connectivity index (χ4n) is 3.28. The molecule has 7 nitrogen and oxygen atoms in total. The lowest BCUT2D eigenvalue weighted by atomic mass is 9.89. The van der Waals surface area contributed by atoms with E-state index >= 15 is 0 Å². The zero-order valence-electron chi connectivity index (χ0n) is 16.0. The molecule has 0 bridgehead atoms. The third kappa shape index (κ3) is 6.04. The molecule has 0 radical (unpaired) electrons. The normalized spacial score (nSPS) is 14.9. The zero-order valence-corrected chi connectivity index (χ0v) is 17.7. The standard InChI is InChI=1S/C20H25N3O4S2/c24-19(15-5-2-1-3-6-15)21-12-13-22-20(25)16-8-10-17(11-9-16)23-29(26,27)18-7-4-14-28-18/h4,7-11,14-15,23H,1-3,5-6,12-13H2,(H,21,24)(H,22,25). The van der Waals surface area contributed by atoms with Crippen molar-refractivity contribution in [2.45, 2.75) is 36.3 Å². The van der Waals surface area contributed by atoms with Gasteiger partial charge in [0.05, 0.1) is 0 Å². The highest BCUT2D eigenvalue weighted by atomic mass is 32.2. The molecule has 0 spiro atoms. The van der Waals surface area contributed by atoms with Gasteiger partial charge in [-0.1, -0.05) is 25.3 Å². The van der Waals surface area contributed by atoms with Crippen LogP contribution in [0.1, 0.15) is 42.5 Å². The number of sulfonamides is 1. The van der Waals surface area contributed by atoms with Crippen molar-refractivity contribution in [1.29, 1.82) is 0 Å². The van der Waals surface area contributed by atoms with Crippen LogP contribution in [-0.2, 0) is 14.8 Å². The minimum atomic E-state index is -3.61. The number of nitrogens with one attached hydrogen (secondary N) is 3. The molecule has 29 heavy (non-hydrogen) atoms. The molecule has 1 fully saturated rings. The lowest BCUT2D eigenvalue weighted by Crippen LogP contribution is -2.38. The van der Waals surface area contributed by atoms with Crippen molar-refractivity contribution in [2.75, 3.05) is 17.8 Å². The second-order valence-electron chi connectivity index (χ2n) is 7.00. The van der Waals surface area contributed by atoms with Crippen molar-refractivity contribution < 1.29 is 18.0 Å². The van der Waals surface area contributed by atoms with Crippen LogP contribution >= 0.6 is 11.3 Å². The summed E-state index contributed by atoms with van der Waals surface area (Å²) >= 11 is 1.13. The summed E-state index contributed by atoms with van der Waals surface area (Å²) in [6.07, 6.45) is 5.30. The van der Waals surface area contributed by atoms with Crippen molar-refractivity contribution in [1.82, 2.24) is 10.6 Å². The molecule has 1 aromatic heterocycles. The molecular formula is C20H25N3O4S2. The summed E-state index contributed by atoms with van der Waals surface area (Å²) in [5.74, 6) is -0.101. The highest BCUT2D eigenvalue weighted by Crippen LogP contribution is 2.23. The van der Waals surface area contributed by atoms with Crippen molar-refractivity contribution >= 4 is 38.9 Å². The van der Waals surface area contributed by atoms with E-state index in [1.165, 1.54) is 12.5 Å². The van der Waals surface area contributed by atoms with Crippen molar-refractivity contribution in [3.8, 4) is 0 Å². The van der Waals surface area contributed by atoms with Crippen LogP contribution in [0.4, 0.5) is 5.69 Å². The Labute approximate surface area is 175 Å². The Kier molecular flexibility index (Phi) is 7.27. The van der Waals surface area contributed by atoms with E-state index in [-0.39, 0.29) is 21.9 Å². The fourth-order valence-corrected chi connectivity index (χ4v) is 5.34. The Morgan fingerprint density at radius 1 is 0.966 bits per heavy atom. The summed E-state index contributed by atoms with van der Waals surface area (Å²) in [6, 6.07) is 9.41. The number of rotatable bonds is 8. The summed E-state index contributed by atoms with van der Waals surface area (Å²) in [6.45, 7) is 0.726. The number of carbonyl (C=O) groups is 2. The summed E-state index contributed by atoms with van der Waals surface area (Å²) in [5.41, 5.74) is 0.803. The minimum absolute atomic E-state index is 0.0707. The van der Waals surface area contributed by atoms with Crippen molar-refractivity contribution in [2.24, 2.45) is 5.92 Å². The lowest BCUT2D eigenvalue weighted by molar-refractivity contribution is -0.125. The molecule has 2 aromatic rings. The number of benzene rings is 1. The van der Waals surface area contributed by atoms with E-state index in [4.69, 9.17) is 0 Å². The van der Waals surface area contributed by atoms with Gasteiger partial charge in [0.1, 0.15) is 4.21 Å². The molecule has 2 amide bonds. The molecule has 1 aliphatic rings. The third-order valence-electron chi connectivity index (χ3n) is 4.84. The number of hydrogen-bond donors (Lipinski definition) is 3. The third-order valence-corrected chi connectivity index (χ3v) is 7.62. The van der Waals surface area contributed by atoms with Gasteiger partial charge in [0, 0.05) is 30.3 Å². The average molecular weight is 436 g/mol. The van der Waals surface area contributed by atoms with E-state index < -0.39 is 10.0 Å². The molecule has 0 unspecified atom stereocenters. The molecule has 3 rings (SSSR count). The Balaban J connectivity index is 1.43. The SMILES string of the molecule is O=C(NCCNC(=O)C1CCCCC1)c1ccc(NS(=O)(=O)c2cccs2)cc1. The molecule has 1 heterocycles. The van der Waals surface area contributed by atoms with Crippen LogP contribution < -0.4 is 15.4 Å². The van der Waals surface area contributed by atoms with Gasteiger partial charge in [0.25, 0.3) is 15.9 Å². The highest BCUT2D eigenvalue weighted by molar-refractivity contribution is 7.94. The Morgan fingerprint density at radius 3 is 2.31 bits per heavy atom. The monoisotopic (exact) mass is 435 g/mol. The van der Waals surface area contributed by atoms with Crippen LogP contribution in [0.2, 0.25) is 0 Å². The van der Waals surface area contributed by atoms with Gasteiger partial charge >= 0.3 is 0 Å². The number of hydrogen-bond acceptors (Lipinski definition) is 5. The second-order valence-corrected chi connectivity index (χ2v) is 9.85. The Bertz CT molecular complexity index is 919. The molecule has 1 saturated carbocycles. The minimum Gasteiger partial charge on any atom is -0.354 e. The maximum absolute atomic E-state index is 12.2. The molecule has 1 aliphatic carbocycles. The summed E-state index contributed by atoms with van der Waals surface area (Å²) in [4.78, 5) is 24.3. The number of anilines is 1. The average Bonchev–Trinajstić information content (AvgIpc) is 3.28. The van der Waals surface area contributed by atoms with Crippen LogP contribution in [0.25, 0.3) is 0 Å². The van der Waals surface area contributed by atoms with Gasteiger partial charge in [-0.3, -0.25) is 14.3 Å². The predicted molar refractivity (Wildman–Crippen MR) is 113 cm³/mol. The summed E-state index contributed by atoms with van der Waals surface area (Å²) in [7, 11) is -3.61. The number of carbonyl (C=O) groups excluding carboxylic acids is 2. The van der Waals surface area contributed by atoms with Gasteiger partial charge in [0.2, 0.25) is 5.91 Å². The first-order valence-corrected chi connectivity index (χ1v) is 12.0. The smallest absolute Gasteiger partial charge is 0.271 e. The number of thiophene rings is 1. The molecule has 156 valence electrons. The fraction of sp³-hybridized carbons (Fsp3) is 0.400. The lowest BCUT2D eigenvalue weighted by Gasteiger charge is -2.20. The first-order valence-electron chi connectivity index (χ1n) is 9.68. The largest absolute Gasteiger partial charge is 0.354 e. The van der Waals surface area contributed by atoms with Gasteiger partial charge in [-0.25, -0.2) is 8.42 Å².